The molecule has 0 aromatic carbocycles. The maximum Gasteiger partial charge on any atom is 0.244 e. The molecule has 16 heavy (non-hydrogen) atoms. The highest BCUT2D eigenvalue weighted by atomic mass is 16.5. The Labute approximate surface area is 96.6 Å². The maximum absolute atomic E-state index is 6.09. The van der Waals surface area contributed by atoms with Gasteiger partial charge < -0.3 is 10.3 Å². The Hall–Kier alpha value is -0.900. The van der Waals surface area contributed by atoms with E-state index in [-0.39, 0.29) is 11.5 Å². The third-order valence-corrected chi connectivity index (χ3v) is 3.38. The van der Waals surface area contributed by atoms with E-state index in [2.05, 4.69) is 30.9 Å². The van der Waals surface area contributed by atoms with Gasteiger partial charge in [-0.3, -0.25) is 0 Å². The van der Waals surface area contributed by atoms with E-state index in [0.29, 0.717) is 11.8 Å². The normalized spacial score (nSPS) is 20.2. The van der Waals surface area contributed by atoms with Crippen LogP contribution in [0, 0.1) is 5.41 Å². The fourth-order valence-electron chi connectivity index (χ4n) is 2.09. The molecule has 0 amide bonds. The second kappa shape index (κ2) is 4.17. The van der Waals surface area contributed by atoms with Crippen LogP contribution in [0.25, 0.3) is 0 Å². The lowest BCUT2D eigenvalue weighted by atomic mass is 9.87. The largest absolute Gasteiger partial charge is 0.338 e. The van der Waals surface area contributed by atoms with Crippen molar-refractivity contribution in [1.29, 1.82) is 0 Å². The summed E-state index contributed by atoms with van der Waals surface area (Å²) in [5.74, 6) is 1.92. The van der Waals surface area contributed by atoms with E-state index in [0.717, 1.165) is 5.82 Å². The number of nitrogens with two attached hydrogens (primary N) is 1. The minimum absolute atomic E-state index is 0.0422. The first-order chi connectivity index (χ1) is 7.48. The summed E-state index contributed by atoms with van der Waals surface area (Å²) in [5.41, 5.74) is 6.05. The summed E-state index contributed by atoms with van der Waals surface area (Å²) in [4.78, 5) is 4.46. The van der Waals surface area contributed by atoms with Crippen molar-refractivity contribution < 1.29 is 4.52 Å². The van der Waals surface area contributed by atoms with Gasteiger partial charge in [-0.25, -0.2) is 0 Å². The van der Waals surface area contributed by atoms with Crippen molar-refractivity contribution in [3.8, 4) is 0 Å². The Morgan fingerprint density at radius 2 is 1.94 bits per heavy atom. The number of nitrogens with zero attached hydrogens (tertiary/aromatic N) is 2. The highest BCUT2D eigenvalue weighted by Crippen LogP contribution is 2.34. The van der Waals surface area contributed by atoms with Crippen molar-refractivity contribution in [1.82, 2.24) is 10.1 Å². The Morgan fingerprint density at radius 3 is 2.50 bits per heavy atom. The smallest absolute Gasteiger partial charge is 0.244 e. The second-order valence-corrected chi connectivity index (χ2v) is 5.82. The summed E-state index contributed by atoms with van der Waals surface area (Å²) in [6.07, 6.45) is 4.92. The standard InChI is InChI=1S/C12H21N3O/c1-12(2,3)9(13)11-14-10(15-16-11)8-6-4-5-7-8/h8-9H,4-7,13H2,1-3H3/t9-/m1/s1. The molecule has 0 unspecified atom stereocenters. The van der Waals surface area contributed by atoms with Gasteiger partial charge in [0.1, 0.15) is 0 Å². The number of aromatic nitrogens is 2. The summed E-state index contributed by atoms with van der Waals surface area (Å²) in [5, 5.41) is 4.07. The molecule has 0 bridgehead atoms. The molecule has 0 saturated heterocycles. The van der Waals surface area contributed by atoms with E-state index in [1.807, 2.05) is 0 Å². The van der Waals surface area contributed by atoms with Gasteiger partial charge in [0.25, 0.3) is 0 Å². The third kappa shape index (κ3) is 2.26. The van der Waals surface area contributed by atoms with Crippen LogP contribution in [0.1, 0.15) is 70.1 Å². The summed E-state index contributed by atoms with van der Waals surface area (Å²) in [6.45, 7) is 6.24. The molecule has 2 rings (SSSR count). The van der Waals surface area contributed by atoms with Crippen LogP contribution in [0.5, 0.6) is 0 Å². The van der Waals surface area contributed by atoms with E-state index >= 15 is 0 Å². The zero-order valence-corrected chi connectivity index (χ0v) is 10.4. The maximum atomic E-state index is 6.09. The summed E-state index contributed by atoms with van der Waals surface area (Å²) < 4.78 is 5.28. The van der Waals surface area contributed by atoms with Crippen molar-refractivity contribution >= 4 is 0 Å². The molecular weight excluding hydrogens is 202 g/mol. The number of rotatable bonds is 2. The van der Waals surface area contributed by atoms with E-state index < -0.39 is 0 Å². The lowest BCUT2D eigenvalue weighted by molar-refractivity contribution is 0.252. The molecule has 1 aliphatic rings. The van der Waals surface area contributed by atoms with Crippen LogP contribution in [-0.2, 0) is 0 Å². The van der Waals surface area contributed by atoms with Gasteiger partial charge in [0, 0.05) is 5.92 Å². The van der Waals surface area contributed by atoms with Crippen LogP contribution in [-0.4, -0.2) is 10.1 Å². The predicted molar refractivity (Wildman–Crippen MR) is 61.9 cm³/mol. The monoisotopic (exact) mass is 223 g/mol. The average Bonchev–Trinajstić information content (AvgIpc) is 2.85. The van der Waals surface area contributed by atoms with Crippen LogP contribution in [0.4, 0.5) is 0 Å². The SMILES string of the molecule is CC(C)(C)[C@H](N)c1nc(C2CCCC2)no1. The van der Waals surface area contributed by atoms with Gasteiger partial charge in [-0.2, -0.15) is 4.98 Å². The average molecular weight is 223 g/mol. The highest BCUT2D eigenvalue weighted by molar-refractivity contribution is 5.01. The molecule has 1 aliphatic carbocycles. The molecule has 0 radical (unpaired) electrons. The molecule has 1 fully saturated rings. The molecule has 0 aliphatic heterocycles. The Balaban J connectivity index is 2.12. The Kier molecular flexibility index (Phi) is 3.02. The van der Waals surface area contributed by atoms with Crippen molar-refractivity contribution in [3.63, 3.8) is 0 Å². The summed E-state index contributed by atoms with van der Waals surface area (Å²) >= 11 is 0. The topological polar surface area (TPSA) is 64.9 Å². The zero-order chi connectivity index (χ0) is 11.8. The third-order valence-electron chi connectivity index (χ3n) is 3.38. The quantitative estimate of drug-likeness (QED) is 0.837. The molecule has 4 heteroatoms. The summed E-state index contributed by atoms with van der Waals surface area (Å²) in [6, 6.07) is -0.185. The fraction of sp³-hybridized carbons (Fsp3) is 0.833. The van der Waals surface area contributed by atoms with Gasteiger partial charge in [-0.15, -0.1) is 0 Å². The minimum Gasteiger partial charge on any atom is -0.338 e. The first-order valence-corrected chi connectivity index (χ1v) is 6.07. The van der Waals surface area contributed by atoms with Crippen LogP contribution < -0.4 is 5.73 Å². The van der Waals surface area contributed by atoms with Crippen molar-refractivity contribution in [2.75, 3.05) is 0 Å². The van der Waals surface area contributed by atoms with E-state index in [1.165, 1.54) is 25.7 Å². The number of hydrogen-bond donors (Lipinski definition) is 1. The van der Waals surface area contributed by atoms with E-state index in [1.54, 1.807) is 0 Å². The van der Waals surface area contributed by atoms with E-state index in [4.69, 9.17) is 10.3 Å². The lowest BCUT2D eigenvalue weighted by Gasteiger charge is -2.23. The first kappa shape index (κ1) is 11.6. The molecule has 4 nitrogen and oxygen atoms in total. The molecule has 1 saturated carbocycles. The van der Waals surface area contributed by atoms with Gasteiger partial charge >= 0.3 is 0 Å². The molecular formula is C12H21N3O. The lowest BCUT2D eigenvalue weighted by Crippen LogP contribution is -2.26. The Morgan fingerprint density at radius 1 is 1.31 bits per heavy atom. The number of hydrogen-bond acceptors (Lipinski definition) is 4. The highest BCUT2D eigenvalue weighted by Gasteiger charge is 2.29. The van der Waals surface area contributed by atoms with Gasteiger partial charge in [-0.1, -0.05) is 38.8 Å². The fourth-order valence-corrected chi connectivity index (χ4v) is 2.09. The molecule has 0 spiro atoms. The second-order valence-electron chi connectivity index (χ2n) is 5.82. The molecule has 1 heterocycles. The van der Waals surface area contributed by atoms with Gasteiger partial charge in [0.2, 0.25) is 5.89 Å². The van der Waals surface area contributed by atoms with Crippen LogP contribution >= 0.6 is 0 Å². The van der Waals surface area contributed by atoms with E-state index in [9.17, 15) is 0 Å². The Bertz CT molecular complexity index is 347. The molecule has 1 aromatic rings. The van der Waals surface area contributed by atoms with Crippen molar-refractivity contribution in [3.05, 3.63) is 11.7 Å². The minimum atomic E-state index is -0.185. The molecule has 1 atom stereocenters. The predicted octanol–water partition coefficient (Wildman–Crippen LogP) is 2.77. The molecule has 2 N–H and O–H groups in total. The molecule has 90 valence electrons. The van der Waals surface area contributed by atoms with Crippen LogP contribution in [0.15, 0.2) is 4.52 Å². The first-order valence-electron chi connectivity index (χ1n) is 6.07. The molecule has 1 aromatic heterocycles. The van der Waals surface area contributed by atoms with Crippen LogP contribution in [0.2, 0.25) is 0 Å². The van der Waals surface area contributed by atoms with Gasteiger partial charge in [0.05, 0.1) is 6.04 Å². The van der Waals surface area contributed by atoms with Gasteiger partial charge in [0.15, 0.2) is 5.82 Å². The summed E-state index contributed by atoms with van der Waals surface area (Å²) in [7, 11) is 0. The van der Waals surface area contributed by atoms with Crippen molar-refractivity contribution in [2.24, 2.45) is 11.1 Å². The zero-order valence-electron chi connectivity index (χ0n) is 10.4. The van der Waals surface area contributed by atoms with Gasteiger partial charge in [-0.05, 0) is 18.3 Å². The van der Waals surface area contributed by atoms with Crippen LogP contribution in [0.3, 0.4) is 0 Å². The van der Waals surface area contributed by atoms with Crippen molar-refractivity contribution in [2.45, 2.75) is 58.4 Å².